The minimum Gasteiger partial charge on any atom is -0.497 e. The predicted molar refractivity (Wildman–Crippen MR) is 94.4 cm³/mol. The van der Waals surface area contributed by atoms with E-state index in [4.69, 9.17) is 13.9 Å². The van der Waals surface area contributed by atoms with Crippen LogP contribution < -0.4 is 9.47 Å². The van der Waals surface area contributed by atoms with Crippen LogP contribution in [0.1, 0.15) is 17.0 Å². The molecule has 0 unspecified atom stereocenters. The van der Waals surface area contributed by atoms with Gasteiger partial charge in [-0.15, -0.1) is 0 Å². The lowest BCUT2D eigenvalue weighted by Gasteiger charge is -2.23. The van der Waals surface area contributed by atoms with Crippen LogP contribution in [0.5, 0.6) is 11.5 Å². The third-order valence-corrected chi connectivity index (χ3v) is 4.14. The quantitative estimate of drug-likeness (QED) is 0.630. The molecule has 0 bridgehead atoms. The Morgan fingerprint density at radius 2 is 2.00 bits per heavy atom. The highest BCUT2D eigenvalue weighted by Gasteiger charge is 2.15. The van der Waals surface area contributed by atoms with E-state index in [-0.39, 0.29) is 0 Å². The topological polar surface area (TPSA) is 52.7 Å². The minimum atomic E-state index is 0.693. The van der Waals surface area contributed by atoms with Crippen molar-refractivity contribution in [1.82, 2.24) is 14.5 Å². The fraction of sp³-hybridized carbons (Fsp3) is 0.316. The first kappa shape index (κ1) is 17.1. The molecule has 132 valence electrons. The number of hydrogen-bond donors (Lipinski definition) is 0. The Labute approximate surface area is 147 Å². The molecule has 3 rings (SSSR count). The lowest BCUT2D eigenvalue weighted by Crippen LogP contribution is -2.23. The summed E-state index contributed by atoms with van der Waals surface area (Å²) in [6, 6.07) is 9.74. The fourth-order valence-electron chi connectivity index (χ4n) is 2.80. The molecule has 0 spiro atoms. The average molecular weight is 341 g/mol. The maximum Gasteiger partial charge on any atom is 0.123 e. The molecule has 0 aliphatic carbocycles. The van der Waals surface area contributed by atoms with Crippen molar-refractivity contribution in [3.8, 4) is 11.5 Å². The van der Waals surface area contributed by atoms with Crippen molar-refractivity contribution in [2.24, 2.45) is 7.05 Å². The molecule has 2 heterocycles. The maximum absolute atomic E-state index is 5.53. The highest BCUT2D eigenvalue weighted by Crippen LogP contribution is 2.26. The zero-order valence-electron chi connectivity index (χ0n) is 14.8. The van der Waals surface area contributed by atoms with Crippen molar-refractivity contribution in [3.63, 3.8) is 0 Å². The van der Waals surface area contributed by atoms with Gasteiger partial charge in [0, 0.05) is 31.9 Å². The monoisotopic (exact) mass is 341 g/mol. The Morgan fingerprint density at radius 1 is 1.12 bits per heavy atom. The van der Waals surface area contributed by atoms with Gasteiger partial charge in [0.15, 0.2) is 0 Å². The molecule has 3 aromatic rings. The molecule has 0 saturated carbocycles. The molecule has 6 nitrogen and oxygen atoms in total. The first-order valence-electron chi connectivity index (χ1n) is 8.10. The number of nitrogens with zero attached hydrogens (tertiary/aromatic N) is 3. The summed E-state index contributed by atoms with van der Waals surface area (Å²) in [6.45, 7) is 2.14. The Kier molecular flexibility index (Phi) is 5.40. The molecule has 2 aromatic heterocycles. The number of furan rings is 1. The van der Waals surface area contributed by atoms with E-state index in [1.54, 1.807) is 20.5 Å². The smallest absolute Gasteiger partial charge is 0.123 e. The van der Waals surface area contributed by atoms with Crippen LogP contribution in [0.15, 0.2) is 53.5 Å². The van der Waals surface area contributed by atoms with Crippen molar-refractivity contribution in [2.75, 3.05) is 14.2 Å². The number of ether oxygens (including phenoxy) is 2. The van der Waals surface area contributed by atoms with Crippen LogP contribution in [0, 0.1) is 0 Å². The third kappa shape index (κ3) is 4.22. The van der Waals surface area contributed by atoms with Gasteiger partial charge in [-0.05, 0) is 30.3 Å². The highest BCUT2D eigenvalue weighted by molar-refractivity contribution is 5.40. The SMILES string of the molecule is COc1ccc(OC)c(CN(Cc2ccco2)Cc2cncn2C)c1. The summed E-state index contributed by atoms with van der Waals surface area (Å²) in [4.78, 5) is 6.49. The second-order valence-electron chi connectivity index (χ2n) is 5.90. The van der Waals surface area contributed by atoms with Crippen LogP contribution in [0.2, 0.25) is 0 Å². The van der Waals surface area contributed by atoms with Crippen molar-refractivity contribution in [2.45, 2.75) is 19.6 Å². The lowest BCUT2D eigenvalue weighted by atomic mass is 10.1. The highest BCUT2D eigenvalue weighted by atomic mass is 16.5. The van der Waals surface area contributed by atoms with Crippen molar-refractivity contribution in [1.29, 1.82) is 0 Å². The van der Waals surface area contributed by atoms with E-state index < -0.39 is 0 Å². The minimum absolute atomic E-state index is 0.693. The summed E-state index contributed by atoms with van der Waals surface area (Å²) in [5, 5.41) is 0. The van der Waals surface area contributed by atoms with Gasteiger partial charge in [-0.3, -0.25) is 4.90 Å². The van der Waals surface area contributed by atoms with Crippen LogP contribution in [0.25, 0.3) is 0 Å². The third-order valence-electron chi connectivity index (χ3n) is 4.14. The van der Waals surface area contributed by atoms with Gasteiger partial charge in [0.2, 0.25) is 0 Å². The number of hydrogen-bond acceptors (Lipinski definition) is 5. The van der Waals surface area contributed by atoms with Crippen LogP contribution in [-0.2, 0) is 26.7 Å². The largest absolute Gasteiger partial charge is 0.497 e. The number of aromatic nitrogens is 2. The molecular formula is C19H23N3O3. The van der Waals surface area contributed by atoms with Gasteiger partial charge in [-0.25, -0.2) is 4.98 Å². The number of imidazole rings is 1. The molecule has 0 amide bonds. The summed E-state index contributed by atoms with van der Waals surface area (Å²) < 4.78 is 18.4. The van der Waals surface area contributed by atoms with E-state index in [0.717, 1.165) is 35.1 Å². The molecule has 0 radical (unpaired) electrons. The normalized spacial score (nSPS) is 11.0. The first-order chi connectivity index (χ1) is 12.2. The van der Waals surface area contributed by atoms with Crippen LogP contribution >= 0.6 is 0 Å². The van der Waals surface area contributed by atoms with E-state index in [1.807, 2.05) is 54.5 Å². The Bertz CT molecular complexity index is 796. The summed E-state index contributed by atoms with van der Waals surface area (Å²) in [6.07, 6.45) is 5.40. The van der Waals surface area contributed by atoms with Crippen LogP contribution in [0.3, 0.4) is 0 Å². The average Bonchev–Trinajstić information content (AvgIpc) is 3.27. The standard InChI is InChI=1S/C19H23N3O3/c1-21-14-20-10-16(21)12-22(13-18-5-4-8-25-18)11-15-9-17(23-2)6-7-19(15)24-3/h4-10,14H,11-13H2,1-3H3. The number of benzene rings is 1. The molecule has 25 heavy (non-hydrogen) atoms. The Morgan fingerprint density at radius 3 is 2.64 bits per heavy atom. The lowest BCUT2D eigenvalue weighted by molar-refractivity contribution is 0.219. The molecule has 6 heteroatoms. The van der Waals surface area contributed by atoms with E-state index in [9.17, 15) is 0 Å². The summed E-state index contributed by atoms with van der Waals surface area (Å²) in [5.41, 5.74) is 2.20. The summed E-state index contributed by atoms with van der Waals surface area (Å²) >= 11 is 0. The van der Waals surface area contributed by atoms with Gasteiger partial charge in [-0.1, -0.05) is 0 Å². The molecule has 0 saturated heterocycles. The second kappa shape index (κ2) is 7.90. The first-order valence-corrected chi connectivity index (χ1v) is 8.10. The van der Waals surface area contributed by atoms with E-state index in [1.165, 1.54) is 0 Å². The molecule has 0 atom stereocenters. The van der Waals surface area contributed by atoms with Crippen molar-refractivity contribution < 1.29 is 13.9 Å². The predicted octanol–water partition coefficient (Wildman–Crippen LogP) is 3.23. The second-order valence-corrected chi connectivity index (χ2v) is 5.90. The summed E-state index contributed by atoms with van der Waals surface area (Å²) in [7, 11) is 5.35. The van der Waals surface area contributed by atoms with Gasteiger partial charge in [0.05, 0.1) is 39.0 Å². The van der Waals surface area contributed by atoms with Crippen LogP contribution in [0.4, 0.5) is 0 Å². The summed E-state index contributed by atoms with van der Waals surface area (Å²) in [5.74, 6) is 2.58. The molecule has 0 aliphatic rings. The van der Waals surface area contributed by atoms with Gasteiger partial charge >= 0.3 is 0 Å². The van der Waals surface area contributed by atoms with Gasteiger partial charge in [-0.2, -0.15) is 0 Å². The van der Waals surface area contributed by atoms with E-state index >= 15 is 0 Å². The van der Waals surface area contributed by atoms with Gasteiger partial charge in [0.1, 0.15) is 17.3 Å². The van der Waals surface area contributed by atoms with E-state index in [0.29, 0.717) is 13.1 Å². The molecule has 0 aliphatic heterocycles. The number of aryl methyl sites for hydroxylation is 1. The van der Waals surface area contributed by atoms with Crippen molar-refractivity contribution in [3.05, 3.63) is 66.1 Å². The number of methoxy groups -OCH3 is 2. The fourth-order valence-corrected chi connectivity index (χ4v) is 2.80. The Balaban J connectivity index is 1.85. The molecule has 0 fully saturated rings. The zero-order valence-corrected chi connectivity index (χ0v) is 14.8. The molecule has 1 aromatic carbocycles. The van der Waals surface area contributed by atoms with Gasteiger partial charge in [0.25, 0.3) is 0 Å². The van der Waals surface area contributed by atoms with E-state index in [2.05, 4.69) is 9.88 Å². The number of rotatable bonds is 8. The van der Waals surface area contributed by atoms with Crippen molar-refractivity contribution >= 4 is 0 Å². The molecule has 0 N–H and O–H groups in total. The van der Waals surface area contributed by atoms with Gasteiger partial charge < -0.3 is 18.5 Å². The Hall–Kier alpha value is -2.73. The maximum atomic E-state index is 5.53. The molecular weight excluding hydrogens is 318 g/mol. The van der Waals surface area contributed by atoms with Crippen LogP contribution in [-0.4, -0.2) is 28.7 Å². The zero-order chi connectivity index (χ0) is 17.6.